The minimum absolute atomic E-state index is 0.0289. The molecule has 2 unspecified atom stereocenters. The monoisotopic (exact) mass is 578 g/mol. The average molecular weight is 579 g/mol. The number of carbonyl (C=O) groups excluding carboxylic acids is 1. The second-order valence-electron chi connectivity index (χ2n) is 11.3. The van der Waals surface area contributed by atoms with Gasteiger partial charge in [-0.2, -0.15) is 4.21 Å². The minimum Gasteiger partial charge on any atom is -0.377 e. The fourth-order valence-electron chi connectivity index (χ4n) is 5.85. The summed E-state index contributed by atoms with van der Waals surface area (Å²) in [7, 11) is -3.18. The first kappa shape index (κ1) is 29.4. The van der Waals surface area contributed by atoms with Crippen LogP contribution in [0.1, 0.15) is 57.4 Å². The zero-order valence-corrected chi connectivity index (χ0v) is 24.9. The van der Waals surface area contributed by atoms with Crippen molar-refractivity contribution in [3.8, 4) is 0 Å². The fraction of sp³-hybridized carbons (Fsp3) is 0.438. The van der Waals surface area contributed by atoms with Crippen LogP contribution in [0.5, 0.6) is 0 Å². The highest BCUT2D eigenvalue weighted by Crippen LogP contribution is 2.30. The lowest BCUT2D eigenvalue weighted by Crippen LogP contribution is -3.17. The van der Waals surface area contributed by atoms with Gasteiger partial charge >= 0.3 is 15.9 Å². The van der Waals surface area contributed by atoms with Crippen LogP contribution in [-0.4, -0.2) is 63.9 Å². The molecular weight excluding hydrogens is 536 g/mol. The Hall–Kier alpha value is -3.11. The number of ether oxygens (including phenoxy) is 1. The predicted octanol–water partition coefficient (Wildman–Crippen LogP) is 2.98. The summed E-state index contributed by atoms with van der Waals surface area (Å²) in [5.74, 6) is 0.702. The molecule has 218 valence electrons. The molecule has 1 amide bonds. The van der Waals surface area contributed by atoms with Gasteiger partial charge in [-0.05, 0) is 73.9 Å². The van der Waals surface area contributed by atoms with Gasteiger partial charge in [0, 0.05) is 25.9 Å². The lowest BCUT2D eigenvalue weighted by Gasteiger charge is -2.23. The van der Waals surface area contributed by atoms with E-state index in [4.69, 9.17) is 4.74 Å². The van der Waals surface area contributed by atoms with Gasteiger partial charge in [0.05, 0.1) is 31.3 Å². The first-order valence-electron chi connectivity index (χ1n) is 14.6. The number of pyridine rings is 1. The molecule has 2 aliphatic heterocycles. The van der Waals surface area contributed by atoms with Crippen LogP contribution in [-0.2, 0) is 27.8 Å². The molecule has 2 aromatic carbocycles. The summed E-state index contributed by atoms with van der Waals surface area (Å²) < 4.78 is 31.2. The normalized spacial score (nSPS) is 21.3. The van der Waals surface area contributed by atoms with Gasteiger partial charge in [0.15, 0.2) is 0 Å². The SMILES string of the molecule is Cc1ccc(Cc2cccc(COCCCC3CCS(=O)(=[OH+])N3c3ccc(C(=O)[NH+]4CCNCC4)cn3)c2)c(C)c1. The zero-order chi connectivity index (χ0) is 28.8. The average Bonchev–Trinajstić information content (AvgIpc) is 3.28. The van der Waals surface area contributed by atoms with Crippen molar-refractivity contribution < 1.29 is 22.8 Å². The molecule has 0 saturated carbocycles. The van der Waals surface area contributed by atoms with E-state index < -0.39 is 10.0 Å². The van der Waals surface area contributed by atoms with Crippen molar-refractivity contribution in [2.75, 3.05) is 42.8 Å². The molecule has 0 spiro atoms. The summed E-state index contributed by atoms with van der Waals surface area (Å²) in [6.07, 6.45) is 4.59. The number of hydrogen-bond donors (Lipinski definition) is 2. The number of rotatable bonds is 10. The molecule has 0 bridgehead atoms. The van der Waals surface area contributed by atoms with Gasteiger partial charge in [-0.15, -0.1) is 0 Å². The number of carbonyl (C=O) groups is 1. The largest absolute Gasteiger partial charge is 0.377 e. The highest BCUT2D eigenvalue weighted by molar-refractivity contribution is 7.93. The van der Waals surface area contributed by atoms with E-state index in [2.05, 4.69) is 66.6 Å². The Morgan fingerprint density at radius 3 is 2.68 bits per heavy atom. The summed E-state index contributed by atoms with van der Waals surface area (Å²) >= 11 is 0. The zero-order valence-electron chi connectivity index (χ0n) is 24.1. The Bertz CT molecular complexity index is 1450. The van der Waals surface area contributed by atoms with Gasteiger partial charge in [0.1, 0.15) is 11.6 Å². The first-order valence-corrected chi connectivity index (χ1v) is 16.3. The summed E-state index contributed by atoms with van der Waals surface area (Å²) in [4.78, 5) is 18.2. The summed E-state index contributed by atoms with van der Waals surface area (Å²) in [6.45, 7) is 8.53. The van der Waals surface area contributed by atoms with E-state index in [0.29, 0.717) is 31.0 Å². The van der Waals surface area contributed by atoms with E-state index in [0.717, 1.165) is 55.9 Å². The smallest absolute Gasteiger partial charge is 0.369 e. The third-order valence-electron chi connectivity index (χ3n) is 8.10. The van der Waals surface area contributed by atoms with Gasteiger partial charge in [-0.3, -0.25) is 4.90 Å². The number of nitrogens with zero attached hydrogens (tertiary/aromatic N) is 2. The molecule has 2 saturated heterocycles. The number of piperazine rings is 1. The minimum atomic E-state index is -3.18. The number of amides is 1. The van der Waals surface area contributed by atoms with Gasteiger partial charge in [-0.25, -0.2) is 18.3 Å². The third kappa shape index (κ3) is 7.40. The Labute approximate surface area is 243 Å². The fourth-order valence-corrected chi connectivity index (χ4v) is 7.70. The van der Waals surface area contributed by atoms with E-state index >= 15 is 0 Å². The van der Waals surface area contributed by atoms with E-state index in [-0.39, 0.29) is 17.7 Å². The highest BCUT2D eigenvalue weighted by Gasteiger charge is 2.42. The summed E-state index contributed by atoms with van der Waals surface area (Å²) in [6, 6.07) is 18.5. The van der Waals surface area contributed by atoms with E-state index in [1.807, 2.05) is 0 Å². The molecule has 1 aromatic heterocycles. The standard InChI is InChI=1S/C32H40N4O4S/c1-24-8-9-28(25(2)19-24)21-26-5-3-6-27(20-26)23-40-17-4-7-30-12-18-41(38,39)36(30)31-11-10-29(22-34-31)32(37)35-15-13-33-14-16-35/h3,5-6,8-11,19-20,22,30,33H,4,7,12-18,21,23H2,1-2H3/p+2. The van der Waals surface area contributed by atoms with Gasteiger partial charge in [-0.1, -0.05) is 48.0 Å². The second kappa shape index (κ2) is 13.2. The molecule has 2 aliphatic rings. The number of quaternary nitrogens is 1. The lowest BCUT2D eigenvalue weighted by molar-refractivity contribution is -0.816. The quantitative estimate of drug-likeness (QED) is 0.285. The number of nitrogens with one attached hydrogen (secondary N) is 2. The first-order chi connectivity index (χ1) is 19.8. The molecule has 3 heterocycles. The number of hydrogen-bond acceptors (Lipinski definition) is 5. The van der Waals surface area contributed by atoms with Crippen LogP contribution in [0.15, 0.2) is 60.8 Å². The highest BCUT2D eigenvalue weighted by atomic mass is 32.2. The summed E-state index contributed by atoms with van der Waals surface area (Å²) in [5, 5.41) is 3.26. The van der Waals surface area contributed by atoms with Crippen LogP contribution in [0.4, 0.5) is 5.82 Å². The van der Waals surface area contributed by atoms with Crippen molar-refractivity contribution in [1.82, 2.24) is 10.3 Å². The van der Waals surface area contributed by atoms with Crippen molar-refractivity contribution in [3.63, 3.8) is 0 Å². The Morgan fingerprint density at radius 2 is 1.93 bits per heavy atom. The second-order valence-corrected chi connectivity index (χ2v) is 13.3. The van der Waals surface area contributed by atoms with Crippen molar-refractivity contribution in [3.05, 3.63) is 94.2 Å². The van der Waals surface area contributed by atoms with E-state index in [1.54, 1.807) is 22.6 Å². The molecule has 2 fully saturated rings. The van der Waals surface area contributed by atoms with E-state index in [1.165, 1.54) is 22.3 Å². The van der Waals surface area contributed by atoms with Crippen molar-refractivity contribution in [2.45, 2.75) is 52.2 Å². The van der Waals surface area contributed by atoms with Crippen LogP contribution >= 0.6 is 0 Å². The van der Waals surface area contributed by atoms with Crippen LogP contribution < -0.4 is 14.5 Å². The maximum absolute atomic E-state index is 13.0. The van der Waals surface area contributed by atoms with E-state index in [9.17, 15) is 13.2 Å². The Kier molecular flexibility index (Phi) is 9.49. The van der Waals surface area contributed by atoms with Gasteiger partial charge in [0.2, 0.25) is 0 Å². The van der Waals surface area contributed by atoms with Crippen LogP contribution in [0.3, 0.4) is 0 Å². The molecule has 0 radical (unpaired) electrons. The molecule has 2 atom stereocenters. The topological polar surface area (TPSA) is 97.4 Å². The molecule has 3 N–H and O–H groups in total. The molecule has 8 nitrogen and oxygen atoms in total. The Balaban J connectivity index is 1.12. The number of benzene rings is 2. The lowest BCUT2D eigenvalue weighted by atomic mass is 9.98. The maximum Gasteiger partial charge on any atom is 0.369 e. The number of aryl methyl sites for hydroxylation is 2. The number of aromatic nitrogens is 1. The molecule has 5 rings (SSSR count). The molecule has 41 heavy (non-hydrogen) atoms. The van der Waals surface area contributed by atoms with Gasteiger partial charge < -0.3 is 10.1 Å². The summed E-state index contributed by atoms with van der Waals surface area (Å²) in [5.41, 5.74) is 6.89. The van der Waals surface area contributed by atoms with Crippen LogP contribution in [0, 0.1) is 13.8 Å². The van der Waals surface area contributed by atoms with Crippen molar-refractivity contribution in [1.29, 1.82) is 0 Å². The van der Waals surface area contributed by atoms with Crippen LogP contribution in [0.25, 0.3) is 0 Å². The Morgan fingerprint density at radius 1 is 1.12 bits per heavy atom. The van der Waals surface area contributed by atoms with Gasteiger partial charge in [0.25, 0.3) is 0 Å². The van der Waals surface area contributed by atoms with Crippen LogP contribution in [0.2, 0.25) is 0 Å². The molecular formula is C32H42N4O4S+2. The predicted molar refractivity (Wildman–Crippen MR) is 162 cm³/mol. The number of anilines is 1. The molecule has 3 aromatic rings. The third-order valence-corrected chi connectivity index (χ3v) is 9.97. The van der Waals surface area contributed by atoms with Crippen molar-refractivity contribution >= 4 is 21.7 Å². The maximum atomic E-state index is 13.0. The molecule has 0 aliphatic carbocycles. The van der Waals surface area contributed by atoms with Crippen molar-refractivity contribution in [2.24, 2.45) is 0 Å². The molecule has 9 heteroatoms.